The van der Waals surface area contributed by atoms with Gasteiger partial charge >= 0.3 is 5.97 Å². The number of carbonyl (C=O) groups excluding carboxylic acids is 1. The third-order valence-corrected chi connectivity index (χ3v) is 3.69. The molecule has 1 aliphatic rings. The summed E-state index contributed by atoms with van der Waals surface area (Å²) in [5.74, 6) is -0.587. The van der Waals surface area contributed by atoms with Crippen molar-refractivity contribution in [3.8, 4) is 0 Å². The van der Waals surface area contributed by atoms with E-state index in [1.807, 2.05) is 0 Å². The van der Waals surface area contributed by atoms with Crippen molar-refractivity contribution < 1.29 is 22.1 Å². The number of hydrogen-bond acceptors (Lipinski definition) is 5. The molecule has 0 spiro atoms. The van der Waals surface area contributed by atoms with E-state index < -0.39 is 10.1 Å². The molecule has 0 unspecified atom stereocenters. The Morgan fingerprint density at radius 2 is 1.93 bits per heavy atom. The smallest absolute Gasteiger partial charge is 0.308 e. The molecule has 1 aliphatic carbocycles. The van der Waals surface area contributed by atoms with Gasteiger partial charge in [-0.05, 0) is 12.8 Å². The standard InChI is InChI=1S/C9H16O5S/c1-13-15(11,12)7-6-14-9(10)8-4-2-3-5-8/h8H,2-7H2,1H3. The molecule has 0 aromatic heterocycles. The van der Waals surface area contributed by atoms with E-state index in [0.717, 1.165) is 32.8 Å². The van der Waals surface area contributed by atoms with Crippen LogP contribution in [0.4, 0.5) is 0 Å². The highest BCUT2D eigenvalue weighted by Crippen LogP contribution is 2.25. The van der Waals surface area contributed by atoms with Gasteiger partial charge in [0.05, 0.1) is 13.0 Å². The van der Waals surface area contributed by atoms with Gasteiger partial charge < -0.3 is 4.74 Å². The van der Waals surface area contributed by atoms with Crippen LogP contribution in [0.25, 0.3) is 0 Å². The van der Waals surface area contributed by atoms with Crippen LogP contribution < -0.4 is 0 Å². The summed E-state index contributed by atoms with van der Waals surface area (Å²) in [6, 6.07) is 0. The fraction of sp³-hybridized carbons (Fsp3) is 0.889. The molecule has 0 aromatic carbocycles. The minimum absolute atomic E-state index is 0.0322. The normalized spacial score (nSPS) is 17.9. The average Bonchev–Trinajstić information content (AvgIpc) is 2.70. The first-order valence-electron chi connectivity index (χ1n) is 5.00. The molecular formula is C9H16O5S. The molecule has 0 bridgehead atoms. The summed E-state index contributed by atoms with van der Waals surface area (Å²) < 4.78 is 30.9. The third kappa shape index (κ3) is 4.17. The number of ether oxygens (including phenoxy) is 1. The number of hydrogen-bond donors (Lipinski definition) is 0. The van der Waals surface area contributed by atoms with E-state index in [2.05, 4.69) is 4.18 Å². The predicted octanol–water partition coefficient (Wildman–Crippen LogP) is 0.696. The van der Waals surface area contributed by atoms with E-state index in [1.165, 1.54) is 0 Å². The van der Waals surface area contributed by atoms with E-state index in [9.17, 15) is 13.2 Å². The van der Waals surface area contributed by atoms with Crippen molar-refractivity contribution in [2.24, 2.45) is 5.92 Å². The van der Waals surface area contributed by atoms with Crippen molar-refractivity contribution in [1.29, 1.82) is 0 Å². The van der Waals surface area contributed by atoms with Gasteiger partial charge in [-0.15, -0.1) is 0 Å². The molecule has 1 fully saturated rings. The molecule has 88 valence electrons. The molecule has 5 nitrogen and oxygen atoms in total. The SMILES string of the molecule is COS(=O)(=O)CCOC(=O)C1CCCC1. The third-order valence-electron chi connectivity index (χ3n) is 2.52. The van der Waals surface area contributed by atoms with Gasteiger partial charge in [0, 0.05) is 0 Å². The predicted molar refractivity (Wildman–Crippen MR) is 53.7 cm³/mol. The highest BCUT2D eigenvalue weighted by molar-refractivity contribution is 7.86. The first-order chi connectivity index (χ1) is 7.05. The van der Waals surface area contributed by atoms with Gasteiger partial charge in [-0.25, -0.2) is 0 Å². The number of esters is 1. The lowest BCUT2D eigenvalue weighted by atomic mass is 10.1. The van der Waals surface area contributed by atoms with Crippen LogP contribution in [0.2, 0.25) is 0 Å². The van der Waals surface area contributed by atoms with Crippen LogP contribution in [0.15, 0.2) is 0 Å². The van der Waals surface area contributed by atoms with Crippen molar-refractivity contribution in [3.05, 3.63) is 0 Å². The van der Waals surface area contributed by atoms with Crippen LogP contribution in [0, 0.1) is 5.92 Å². The van der Waals surface area contributed by atoms with Crippen LogP contribution in [0.5, 0.6) is 0 Å². The molecule has 1 saturated carbocycles. The average molecular weight is 236 g/mol. The maximum absolute atomic E-state index is 11.4. The van der Waals surface area contributed by atoms with Crippen LogP contribution in [0.1, 0.15) is 25.7 Å². The van der Waals surface area contributed by atoms with Crippen molar-refractivity contribution >= 4 is 16.1 Å². The van der Waals surface area contributed by atoms with E-state index in [0.29, 0.717) is 0 Å². The fourth-order valence-electron chi connectivity index (χ4n) is 1.61. The summed E-state index contributed by atoms with van der Waals surface area (Å²) in [6.45, 7) is -0.120. The van der Waals surface area contributed by atoms with Gasteiger partial charge in [0.15, 0.2) is 0 Å². The van der Waals surface area contributed by atoms with E-state index >= 15 is 0 Å². The summed E-state index contributed by atoms with van der Waals surface area (Å²) in [4.78, 5) is 11.4. The summed E-state index contributed by atoms with van der Waals surface area (Å²) >= 11 is 0. The fourth-order valence-corrected chi connectivity index (χ4v) is 2.06. The van der Waals surface area contributed by atoms with Crippen molar-refractivity contribution in [2.75, 3.05) is 19.5 Å². The first kappa shape index (κ1) is 12.4. The maximum atomic E-state index is 11.4. The Morgan fingerprint density at radius 3 is 2.47 bits per heavy atom. The van der Waals surface area contributed by atoms with Gasteiger partial charge in [0.1, 0.15) is 12.4 Å². The van der Waals surface area contributed by atoms with Gasteiger partial charge in [-0.1, -0.05) is 12.8 Å². The molecule has 0 heterocycles. The lowest BCUT2D eigenvalue weighted by Crippen LogP contribution is -2.20. The molecule has 0 radical (unpaired) electrons. The van der Waals surface area contributed by atoms with Crippen LogP contribution >= 0.6 is 0 Å². The van der Waals surface area contributed by atoms with Crippen LogP contribution in [-0.4, -0.2) is 33.9 Å². The number of carbonyl (C=O) groups is 1. The quantitative estimate of drug-likeness (QED) is 0.519. The number of rotatable bonds is 5. The molecule has 15 heavy (non-hydrogen) atoms. The summed E-state index contributed by atoms with van der Waals surface area (Å²) in [5.41, 5.74) is 0. The maximum Gasteiger partial charge on any atom is 0.308 e. The van der Waals surface area contributed by atoms with Crippen molar-refractivity contribution in [2.45, 2.75) is 25.7 Å². The highest BCUT2D eigenvalue weighted by Gasteiger charge is 2.24. The molecule has 0 N–H and O–H groups in total. The lowest BCUT2D eigenvalue weighted by molar-refractivity contribution is -0.147. The summed E-state index contributed by atoms with van der Waals surface area (Å²) in [5, 5.41) is 0. The topological polar surface area (TPSA) is 69.7 Å². The van der Waals surface area contributed by atoms with Crippen molar-refractivity contribution in [3.63, 3.8) is 0 Å². The van der Waals surface area contributed by atoms with Gasteiger partial charge in [0.2, 0.25) is 0 Å². The van der Waals surface area contributed by atoms with E-state index in [-0.39, 0.29) is 24.2 Å². The second kappa shape index (κ2) is 5.46. The Morgan fingerprint density at radius 1 is 1.33 bits per heavy atom. The lowest BCUT2D eigenvalue weighted by Gasteiger charge is -2.08. The Labute approximate surface area is 89.9 Å². The molecule has 0 saturated heterocycles. The summed E-state index contributed by atoms with van der Waals surface area (Å²) in [6.07, 6.45) is 3.82. The molecule has 0 atom stereocenters. The molecule has 0 amide bonds. The molecule has 6 heteroatoms. The Bertz CT molecular complexity index is 302. The highest BCUT2D eigenvalue weighted by atomic mass is 32.2. The Balaban J connectivity index is 2.22. The molecular weight excluding hydrogens is 220 g/mol. The van der Waals surface area contributed by atoms with Gasteiger partial charge in [-0.2, -0.15) is 8.42 Å². The second-order valence-electron chi connectivity index (χ2n) is 3.58. The molecule has 1 rings (SSSR count). The first-order valence-corrected chi connectivity index (χ1v) is 6.58. The molecule has 0 aromatic rings. The second-order valence-corrected chi connectivity index (χ2v) is 5.43. The van der Waals surface area contributed by atoms with E-state index in [4.69, 9.17) is 4.74 Å². The van der Waals surface area contributed by atoms with E-state index in [1.54, 1.807) is 0 Å². The zero-order valence-corrected chi connectivity index (χ0v) is 9.59. The zero-order valence-electron chi connectivity index (χ0n) is 8.77. The largest absolute Gasteiger partial charge is 0.464 e. The van der Waals surface area contributed by atoms with Crippen molar-refractivity contribution in [1.82, 2.24) is 0 Å². The van der Waals surface area contributed by atoms with Crippen LogP contribution in [0.3, 0.4) is 0 Å². The zero-order chi connectivity index (χ0) is 11.3. The van der Waals surface area contributed by atoms with Gasteiger partial charge in [-0.3, -0.25) is 8.98 Å². The Kier molecular flexibility index (Phi) is 4.53. The molecule has 0 aliphatic heterocycles. The Hall–Kier alpha value is -0.620. The van der Waals surface area contributed by atoms with Crippen LogP contribution in [-0.2, 0) is 23.8 Å². The minimum atomic E-state index is -3.52. The monoisotopic (exact) mass is 236 g/mol. The minimum Gasteiger partial charge on any atom is -0.464 e. The van der Waals surface area contributed by atoms with Gasteiger partial charge in [0.25, 0.3) is 10.1 Å². The summed E-state index contributed by atoms with van der Waals surface area (Å²) in [7, 11) is -2.42.